The maximum absolute atomic E-state index is 2.48. The molecule has 0 heterocycles. The first-order valence-electron chi connectivity index (χ1n) is 7.76. The van der Waals surface area contributed by atoms with Crippen LogP contribution in [0.5, 0.6) is 0 Å². The average Bonchev–Trinajstić information content (AvgIpc) is 2.27. The molecular formula is C17H36. The van der Waals surface area contributed by atoms with Crippen LogP contribution in [-0.2, 0) is 0 Å². The molecule has 0 aliphatic carbocycles. The number of rotatable bonds is 8. The van der Waals surface area contributed by atoms with Crippen molar-refractivity contribution in [2.45, 2.75) is 81.1 Å². The summed E-state index contributed by atoms with van der Waals surface area (Å²) >= 11 is 0. The van der Waals surface area contributed by atoms with Gasteiger partial charge in [-0.1, -0.05) is 68.2 Å². The summed E-state index contributed by atoms with van der Waals surface area (Å²) in [6.07, 6.45) is 5.42. The minimum atomic E-state index is 0.531. The number of hydrogen-bond donors (Lipinski definition) is 0. The number of hydrogen-bond acceptors (Lipinski definition) is 0. The zero-order valence-electron chi connectivity index (χ0n) is 13.6. The normalized spacial score (nSPS) is 21.0. The summed E-state index contributed by atoms with van der Waals surface area (Å²) in [6.45, 7) is 19.2. The first-order valence-corrected chi connectivity index (χ1v) is 7.76. The van der Waals surface area contributed by atoms with Gasteiger partial charge < -0.3 is 0 Å². The molecule has 0 bridgehead atoms. The second-order valence-corrected chi connectivity index (χ2v) is 7.07. The van der Waals surface area contributed by atoms with Gasteiger partial charge in [0.2, 0.25) is 0 Å². The van der Waals surface area contributed by atoms with Crippen molar-refractivity contribution in [1.29, 1.82) is 0 Å². The van der Waals surface area contributed by atoms with Gasteiger partial charge in [0.25, 0.3) is 0 Å². The Morgan fingerprint density at radius 2 is 1.41 bits per heavy atom. The van der Waals surface area contributed by atoms with Crippen LogP contribution in [0.3, 0.4) is 0 Å². The summed E-state index contributed by atoms with van der Waals surface area (Å²) in [5.74, 6) is 3.41. The first-order chi connectivity index (χ1) is 7.76. The van der Waals surface area contributed by atoms with Crippen LogP contribution in [0.1, 0.15) is 81.1 Å². The molecule has 0 saturated heterocycles. The van der Waals surface area contributed by atoms with Gasteiger partial charge in [0.15, 0.2) is 0 Å². The maximum atomic E-state index is 2.48. The molecule has 0 nitrogen and oxygen atoms in total. The Kier molecular flexibility index (Phi) is 7.44. The van der Waals surface area contributed by atoms with E-state index in [1.807, 2.05) is 0 Å². The first kappa shape index (κ1) is 17.0. The minimum absolute atomic E-state index is 0.531. The smallest absolute Gasteiger partial charge is 0.0303 e. The van der Waals surface area contributed by atoms with Gasteiger partial charge in [-0.25, -0.2) is 0 Å². The molecule has 0 aliphatic rings. The van der Waals surface area contributed by atoms with Gasteiger partial charge in [0, 0.05) is 0 Å². The van der Waals surface area contributed by atoms with E-state index < -0.39 is 0 Å². The van der Waals surface area contributed by atoms with Gasteiger partial charge in [0.1, 0.15) is 0 Å². The molecule has 104 valence electrons. The molecule has 0 amide bonds. The monoisotopic (exact) mass is 240 g/mol. The Morgan fingerprint density at radius 1 is 0.882 bits per heavy atom. The third-order valence-electron chi connectivity index (χ3n) is 5.43. The van der Waals surface area contributed by atoms with Crippen molar-refractivity contribution in [3.8, 4) is 0 Å². The molecule has 0 rings (SSSR count). The Labute approximate surface area is 111 Å². The van der Waals surface area contributed by atoms with E-state index in [-0.39, 0.29) is 0 Å². The molecule has 0 heteroatoms. The summed E-state index contributed by atoms with van der Waals surface area (Å²) in [5, 5.41) is 0. The molecule has 0 aromatic heterocycles. The summed E-state index contributed by atoms with van der Waals surface area (Å²) in [5.41, 5.74) is 0.531. The zero-order valence-corrected chi connectivity index (χ0v) is 13.6. The van der Waals surface area contributed by atoms with E-state index in [0.717, 1.165) is 23.7 Å². The van der Waals surface area contributed by atoms with E-state index >= 15 is 0 Å². The van der Waals surface area contributed by atoms with Crippen LogP contribution in [0.4, 0.5) is 0 Å². The van der Waals surface area contributed by atoms with Crippen LogP contribution >= 0.6 is 0 Å². The summed E-state index contributed by atoms with van der Waals surface area (Å²) < 4.78 is 0. The van der Waals surface area contributed by atoms with E-state index in [0.29, 0.717) is 5.41 Å². The lowest BCUT2D eigenvalue weighted by molar-refractivity contribution is 0.131. The molecule has 4 unspecified atom stereocenters. The topological polar surface area (TPSA) is 0 Å². The predicted octanol–water partition coefficient (Wildman–Crippen LogP) is 6.16. The molecule has 0 radical (unpaired) electrons. The quantitative estimate of drug-likeness (QED) is 0.477. The molecule has 0 N–H and O–H groups in total. The molecule has 0 saturated carbocycles. The van der Waals surface area contributed by atoms with Gasteiger partial charge in [-0.15, -0.1) is 0 Å². The van der Waals surface area contributed by atoms with Gasteiger partial charge in [-0.3, -0.25) is 0 Å². The largest absolute Gasteiger partial charge is 0.0651 e. The average molecular weight is 240 g/mol. The fourth-order valence-corrected chi connectivity index (χ4v) is 2.76. The van der Waals surface area contributed by atoms with Crippen LogP contribution < -0.4 is 0 Å². The van der Waals surface area contributed by atoms with Crippen LogP contribution in [0.25, 0.3) is 0 Å². The van der Waals surface area contributed by atoms with Crippen LogP contribution in [-0.4, -0.2) is 0 Å². The second-order valence-electron chi connectivity index (χ2n) is 7.07. The highest BCUT2D eigenvalue weighted by Crippen LogP contribution is 2.40. The molecule has 17 heavy (non-hydrogen) atoms. The Bertz CT molecular complexity index is 194. The standard InChI is InChI=1S/C17H36/c1-9-14(5)11-15(6)16(7)12-17(8,10-2)13(3)4/h13-16H,9-12H2,1-8H3. The molecule has 0 spiro atoms. The Morgan fingerprint density at radius 3 is 1.76 bits per heavy atom. The second kappa shape index (κ2) is 7.44. The van der Waals surface area contributed by atoms with Gasteiger partial charge >= 0.3 is 0 Å². The SMILES string of the molecule is CCC(C)CC(C)C(C)CC(C)(CC)C(C)C. The third kappa shape index (κ3) is 5.44. The van der Waals surface area contributed by atoms with E-state index in [2.05, 4.69) is 55.4 Å². The molecule has 0 aliphatic heterocycles. The van der Waals surface area contributed by atoms with Crippen molar-refractivity contribution in [1.82, 2.24) is 0 Å². The van der Waals surface area contributed by atoms with Gasteiger partial charge in [0.05, 0.1) is 0 Å². The van der Waals surface area contributed by atoms with E-state index in [9.17, 15) is 0 Å². The Hall–Kier alpha value is 0. The van der Waals surface area contributed by atoms with Crippen molar-refractivity contribution >= 4 is 0 Å². The van der Waals surface area contributed by atoms with Crippen molar-refractivity contribution in [2.24, 2.45) is 29.1 Å². The minimum Gasteiger partial charge on any atom is -0.0651 e. The van der Waals surface area contributed by atoms with Gasteiger partial charge in [-0.2, -0.15) is 0 Å². The van der Waals surface area contributed by atoms with Crippen LogP contribution in [0, 0.1) is 29.1 Å². The van der Waals surface area contributed by atoms with Crippen molar-refractivity contribution < 1.29 is 0 Å². The van der Waals surface area contributed by atoms with E-state index in [4.69, 9.17) is 0 Å². The van der Waals surface area contributed by atoms with Crippen molar-refractivity contribution in [2.75, 3.05) is 0 Å². The lowest BCUT2D eigenvalue weighted by Gasteiger charge is -2.37. The molecule has 4 atom stereocenters. The lowest BCUT2D eigenvalue weighted by atomic mass is 9.68. The third-order valence-corrected chi connectivity index (χ3v) is 5.43. The van der Waals surface area contributed by atoms with Crippen molar-refractivity contribution in [3.63, 3.8) is 0 Å². The van der Waals surface area contributed by atoms with Gasteiger partial charge in [-0.05, 0) is 41.9 Å². The Balaban J connectivity index is 4.36. The predicted molar refractivity (Wildman–Crippen MR) is 80.3 cm³/mol. The van der Waals surface area contributed by atoms with E-state index in [1.165, 1.54) is 25.7 Å². The highest BCUT2D eigenvalue weighted by molar-refractivity contribution is 4.80. The van der Waals surface area contributed by atoms with Crippen LogP contribution in [0.2, 0.25) is 0 Å². The summed E-state index contributed by atoms with van der Waals surface area (Å²) in [6, 6.07) is 0. The zero-order chi connectivity index (χ0) is 13.6. The summed E-state index contributed by atoms with van der Waals surface area (Å²) in [7, 11) is 0. The van der Waals surface area contributed by atoms with Crippen LogP contribution in [0.15, 0.2) is 0 Å². The molecule has 0 aromatic carbocycles. The molecular weight excluding hydrogens is 204 g/mol. The lowest BCUT2D eigenvalue weighted by Crippen LogP contribution is -2.27. The summed E-state index contributed by atoms with van der Waals surface area (Å²) in [4.78, 5) is 0. The van der Waals surface area contributed by atoms with Crippen molar-refractivity contribution in [3.05, 3.63) is 0 Å². The molecule has 0 fully saturated rings. The fourth-order valence-electron chi connectivity index (χ4n) is 2.76. The molecule has 0 aromatic rings. The maximum Gasteiger partial charge on any atom is -0.0303 e. The highest BCUT2D eigenvalue weighted by atomic mass is 14.4. The van der Waals surface area contributed by atoms with E-state index in [1.54, 1.807) is 0 Å². The highest BCUT2D eigenvalue weighted by Gasteiger charge is 2.30. The fraction of sp³-hybridized carbons (Fsp3) is 1.00.